The quantitative estimate of drug-likeness (QED) is 0.919. The molecule has 2 aromatic rings. The van der Waals surface area contributed by atoms with Crippen LogP contribution < -0.4 is 5.32 Å². The molecule has 1 aliphatic rings. The molecule has 0 radical (unpaired) electrons. The van der Waals surface area contributed by atoms with E-state index in [0.29, 0.717) is 5.92 Å². The van der Waals surface area contributed by atoms with Gasteiger partial charge in [0.25, 0.3) is 5.91 Å². The summed E-state index contributed by atoms with van der Waals surface area (Å²) >= 11 is 0. The van der Waals surface area contributed by atoms with Crippen molar-refractivity contribution in [2.24, 2.45) is 5.92 Å². The van der Waals surface area contributed by atoms with E-state index in [1.807, 2.05) is 30.3 Å². The van der Waals surface area contributed by atoms with Crippen LogP contribution in [-0.2, 0) is 6.54 Å². The van der Waals surface area contributed by atoms with Crippen molar-refractivity contribution in [3.63, 3.8) is 0 Å². The molecule has 2 aromatic carbocycles. The molecule has 114 valence electrons. The first-order valence-electron chi connectivity index (χ1n) is 7.91. The fourth-order valence-electron chi connectivity index (χ4n) is 2.99. The summed E-state index contributed by atoms with van der Waals surface area (Å²) in [5.74, 6) is 0.582. The van der Waals surface area contributed by atoms with Gasteiger partial charge in [0.1, 0.15) is 0 Å². The summed E-state index contributed by atoms with van der Waals surface area (Å²) in [4.78, 5) is 14.5. The van der Waals surface area contributed by atoms with Crippen LogP contribution in [0.15, 0.2) is 60.7 Å². The number of hydrogen-bond acceptors (Lipinski definition) is 2. The second kappa shape index (κ2) is 7.23. The normalized spacial score (nSPS) is 18.3. The van der Waals surface area contributed by atoms with Gasteiger partial charge in [-0.2, -0.15) is 0 Å². The molecule has 1 amide bonds. The lowest BCUT2D eigenvalue weighted by Gasteiger charge is -2.16. The van der Waals surface area contributed by atoms with E-state index in [4.69, 9.17) is 0 Å². The number of nitrogens with one attached hydrogen (secondary N) is 1. The summed E-state index contributed by atoms with van der Waals surface area (Å²) in [7, 11) is 0. The lowest BCUT2D eigenvalue weighted by Crippen LogP contribution is -2.30. The van der Waals surface area contributed by atoms with E-state index in [-0.39, 0.29) is 5.91 Å². The Bertz CT molecular complexity index is 597. The van der Waals surface area contributed by atoms with Gasteiger partial charge in [-0.3, -0.25) is 9.69 Å². The first kappa shape index (κ1) is 14.8. The van der Waals surface area contributed by atoms with Crippen LogP contribution in [0, 0.1) is 5.92 Å². The molecule has 0 saturated carbocycles. The number of carbonyl (C=O) groups is 1. The fourth-order valence-corrected chi connectivity index (χ4v) is 2.99. The average molecular weight is 294 g/mol. The summed E-state index contributed by atoms with van der Waals surface area (Å²) in [6.07, 6.45) is 1.15. The Balaban J connectivity index is 1.44. The number of likely N-dealkylation sites (tertiary alicyclic amines) is 1. The molecule has 3 rings (SSSR count). The first-order valence-corrected chi connectivity index (χ1v) is 7.91. The molecule has 1 atom stereocenters. The maximum atomic E-state index is 12.0. The third kappa shape index (κ3) is 3.95. The minimum atomic E-state index is 0.0297. The van der Waals surface area contributed by atoms with Crippen molar-refractivity contribution in [3.05, 3.63) is 71.8 Å². The third-order valence-corrected chi connectivity index (χ3v) is 4.21. The lowest BCUT2D eigenvalue weighted by atomic mass is 10.1. The van der Waals surface area contributed by atoms with Crippen LogP contribution in [0.5, 0.6) is 0 Å². The maximum absolute atomic E-state index is 12.0. The highest BCUT2D eigenvalue weighted by molar-refractivity contribution is 5.94. The highest BCUT2D eigenvalue weighted by Gasteiger charge is 2.22. The Labute approximate surface area is 132 Å². The Morgan fingerprint density at radius 3 is 2.45 bits per heavy atom. The molecule has 1 N–H and O–H groups in total. The lowest BCUT2D eigenvalue weighted by molar-refractivity contribution is 0.0947. The minimum absolute atomic E-state index is 0.0297. The van der Waals surface area contributed by atoms with Crippen molar-refractivity contribution in [1.82, 2.24) is 10.2 Å². The van der Waals surface area contributed by atoms with Gasteiger partial charge in [-0.25, -0.2) is 0 Å². The number of hydrogen-bond donors (Lipinski definition) is 1. The van der Waals surface area contributed by atoms with Gasteiger partial charge < -0.3 is 5.32 Å². The van der Waals surface area contributed by atoms with Gasteiger partial charge in [-0.05, 0) is 36.6 Å². The molecule has 0 spiro atoms. The van der Waals surface area contributed by atoms with Gasteiger partial charge in [0, 0.05) is 25.2 Å². The van der Waals surface area contributed by atoms with Crippen molar-refractivity contribution in [1.29, 1.82) is 0 Å². The standard InChI is InChI=1S/C19H22N2O/c22-19(18-9-5-2-6-10-18)20-13-17-11-12-21(15-17)14-16-7-3-1-4-8-16/h1-10,17H,11-15H2,(H,20,22). The number of carbonyl (C=O) groups excluding carboxylic acids is 1. The van der Waals surface area contributed by atoms with E-state index in [9.17, 15) is 4.79 Å². The smallest absolute Gasteiger partial charge is 0.251 e. The molecule has 3 heteroatoms. The van der Waals surface area contributed by atoms with Crippen molar-refractivity contribution in [2.75, 3.05) is 19.6 Å². The van der Waals surface area contributed by atoms with Crippen LogP contribution in [0.3, 0.4) is 0 Å². The van der Waals surface area contributed by atoms with E-state index >= 15 is 0 Å². The number of nitrogens with zero attached hydrogens (tertiary/aromatic N) is 1. The first-order chi connectivity index (χ1) is 10.8. The minimum Gasteiger partial charge on any atom is -0.352 e. The van der Waals surface area contributed by atoms with Crippen LogP contribution >= 0.6 is 0 Å². The predicted octanol–water partition coefficient (Wildman–Crippen LogP) is 2.94. The van der Waals surface area contributed by atoms with Crippen LogP contribution in [0.2, 0.25) is 0 Å². The van der Waals surface area contributed by atoms with Crippen molar-refractivity contribution >= 4 is 5.91 Å². The molecule has 0 aromatic heterocycles. The van der Waals surface area contributed by atoms with E-state index < -0.39 is 0 Å². The maximum Gasteiger partial charge on any atom is 0.251 e. The molecule has 1 aliphatic heterocycles. The van der Waals surface area contributed by atoms with Gasteiger partial charge in [0.2, 0.25) is 0 Å². The largest absolute Gasteiger partial charge is 0.352 e. The number of benzene rings is 2. The van der Waals surface area contributed by atoms with Crippen LogP contribution in [0.4, 0.5) is 0 Å². The van der Waals surface area contributed by atoms with E-state index in [1.54, 1.807) is 0 Å². The highest BCUT2D eigenvalue weighted by atomic mass is 16.1. The summed E-state index contributed by atoms with van der Waals surface area (Å²) < 4.78 is 0. The highest BCUT2D eigenvalue weighted by Crippen LogP contribution is 2.18. The monoisotopic (exact) mass is 294 g/mol. The molecule has 0 aliphatic carbocycles. The average Bonchev–Trinajstić information content (AvgIpc) is 3.02. The fraction of sp³-hybridized carbons (Fsp3) is 0.316. The molecular weight excluding hydrogens is 272 g/mol. The van der Waals surface area contributed by atoms with Gasteiger partial charge in [-0.1, -0.05) is 48.5 Å². The Kier molecular flexibility index (Phi) is 4.86. The predicted molar refractivity (Wildman–Crippen MR) is 88.6 cm³/mol. The molecule has 0 bridgehead atoms. The molecule has 3 nitrogen and oxygen atoms in total. The SMILES string of the molecule is O=C(NCC1CCN(Cc2ccccc2)C1)c1ccccc1. The Morgan fingerprint density at radius 1 is 1.05 bits per heavy atom. The second-order valence-electron chi connectivity index (χ2n) is 5.95. The number of amides is 1. The van der Waals surface area contributed by atoms with Crippen molar-refractivity contribution < 1.29 is 4.79 Å². The van der Waals surface area contributed by atoms with Gasteiger partial charge in [0.05, 0.1) is 0 Å². The molecule has 1 fully saturated rings. The zero-order valence-corrected chi connectivity index (χ0v) is 12.7. The zero-order chi connectivity index (χ0) is 15.2. The van der Waals surface area contributed by atoms with Crippen molar-refractivity contribution in [2.45, 2.75) is 13.0 Å². The topological polar surface area (TPSA) is 32.3 Å². The zero-order valence-electron chi connectivity index (χ0n) is 12.7. The third-order valence-electron chi connectivity index (χ3n) is 4.21. The molecule has 1 saturated heterocycles. The summed E-state index contributed by atoms with van der Waals surface area (Å²) in [5.41, 5.74) is 2.10. The van der Waals surface area contributed by atoms with E-state index in [0.717, 1.165) is 38.2 Å². The van der Waals surface area contributed by atoms with E-state index in [1.165, 1.54) is 5.56 Å². The van der Waals surface area contributed by atoms with Crippen LogP contribution in [0.1, 0.15) is 22.3 Å². The molecule has 1 heterocycles. The summed E-state index contributed by atoms with van der Waals surface area (Å²) in [6, 6.07) is 20.0. The van der Waals surface area contributed by atoms with Crippen LogP contribution in [-0.4, -0.2) is 30.4 Å². The van der Waals surface area contributed by atoms with Gasteiger partial charge in [0.15, 0.2) is 0 Å². The van der Waals surface area contributed by atoms with Gasteiger partial charge in [-0.15, -0.1) is 0 Å². The van der Waals surface area contributed by atoms with Gasteiger partial charge >= 0.3 is 0 Å². The summed E-state index contributed by atoms with van der Waals surface area (Å²) in [5, 5.41) is 3.06. The Morgan fingerprint density at radius 2 is 1.73 bits per heavy atom. The number of rotatable bonds is 5. The second-order valence-corrected chi connectivity index (χ2v) is 5.95. The molecule has 22 heavy (non-hydrogen) atoms. The summed E-state index contributed by atoms with van der Waals surface area (Å²) in [6.45, 7) is 3.94. The Hall–Kier alpha value is -2.13. The van der Waals surface area contributed by atoms with Crippen LogP contribution in [0.25, 0.3) is 0 Å². The van der Waals surface area contributed by atoms with Crippen molar-refractivity contribution in [3.8, 4) is 0 Å². The van der Waals surface area contributed by atoms with E-state index in [2.05, 4.69) is 40.5 Å². The molecule has 1 unspecified atom stereocenters. The molecular formula is C19H22N2O.